The van der Waals surface area contributed by atoms with E-state index < -0.39 is 28.9 Å². The third-order valence-corrected chi connectivity index (χ3v) is 3.61. The van der Waals surface area contributed by atoms with E-state index in [1.54, 1.807) is 6.07 Å². The highest BCUT2D eigenvalue weighted by Crippen LogP contribution is 2.32. The van der Waals surface area contributed by atoms with Gasteiger partial charge in [0.2, 0.25) is 5.91 Å². The van der Waals surface area contributed by atoms with E-state index in [0.29, 0.717) is 11.8 Å². The second kappa shape index (κ2) is 7.69. The van der Waals surface area contributed by atoms with Gasteiger partial charge in [-0.05, 0) is 19.1 Å². The van der Waals surface area contributed by atoms with Crippen molar-refractivity contribution in [3.63, 3.8) is 0 Å². The Bertz CT molecular complexity index is 944. The van der Waals surface area contributed by atoms with E-state index in [4.69, 9.17) is 5.26 Å². The maximum absolute atomic E-state index is 13.0. The van der Waals surface area contributed by atoms with E-state index in [2.05, 4.69) is 15.6 Å². The molecule has 0 saturated carbocycles. The number of rotatable bonds is 5. The monoisotopic (exact) mass is 395 g/mol. The third-order valence-electron chi connectivity index (χ3n) is 3.61. The Hall–Kier alpha value is -3.39. The summed E-state index contributed by atoms with van der Waals surface area (Å²) in [5.74, 6) is -1.27. The maximum Gasteiger partial charge on any atom is 0.419 e. The molecule has 8 nitrogen and oxygen atoms in total. The quantitative estimate of drug-likeness (QED) is 0.716. The van der Waals surface area contributed by atoms with Crippen LogP contribution in [0.4, 0.5) is 24.5 Å². The Morgan fingerprint density at radius 3 is 2.57 bits per heavy atom. The van der Waals surface area contributed by atoms with Crippen LogP contribution in [0, 0.1) is 11.3 Å². The molecule has 0 spiro atoms. The second-order valence-electron chi connectivity index (χ2n) is 6.21. The molecule has 2 rings (SSSR count). The number of anilines is 2. The van der Waals surface area contributed by atoms with Crippen molar-refractivity contribution in [2.24, 2.45) is 0 Å². The van der Waals surface area contributed by atoms with Gasteiger partial charge in [0.1, 0.15) is 6.07 Å². The lowest BCUT2D eigenvalue weighted by atomic mass is 10.1. The average molecular weight is 395 g/mol. The Kier molecular flexibility index (Phi) is 5.75. The molecule has 0 bridgehead atoms. The molecule has 0 aromatic carbocycles. The molecule has 2 aromatic rings. The molecule has 0 saturated heterocycles. The molecule has 2 heterocycles. The molecular weight excluding hydrogens is 379 g/mol. The lowest BCUT2D eigenvalue weighted by molar-refractivity contribution is -0.138. The van der Waals surface area contributed by atoms with Crippen LogP contribution in [0.25, 0.3) is 0 Å². The van der Waals surface area contributed by atoms with Crippen molar-refractivity contribution in [3.05, 3.63) is 42.0 Å². The highest BCUT2D eigenvalue weighted by molar-refractivity contribution is 5.96. The predicted molar refractivity (Wildman–Crippen MR) is 91.9 cm³/mol. The fraction of sp³-hybridized carbons (Fsp3) is 0.294. The summed E-state index contributed by atoms with van der Waals surface area (Å²) in [5.41, 5.74) is -3.97. The van der Waals surface area contributed by atoms with Gasteiger partial charge >= 0.3 is 6.18 Å². The first kappa shape index (κ1) is 20.9. The van der Waals surface area contributed by atoms with Gasteiger partial charge < -0.3 is 20.3 Å². The zero-order valence-corrected chi connectivity index (χ0v) is 14.8. The number of carbonyl (C=O) groups is 2. The summed E-state index contributed by atoms with van der Waals surface area (Å²) in [5, 5.41) is 23.8. The van der Waals surface area contributed by atoms with Gasteiger partial charge in [0.15, 0.2) is 11.3 Å². The number of carbonyl (C=O) groups excluding carboxylic acids is 2. The number of hydrogen-bond donors (Lipinski definition) is 3. The normalized spacial score (nSPS) is 13.3. The number of halogens is 3. The van der Waals surface area contributed by atoms with E-state index >= 15 is 0 Å². The highest BCUT2D eigenvalue weighted by Gasteiger charge is 2.36. The van der Waals surface area contributed by atoms with Crippen LogP contribution in [0.5, 0.6) is 0 Å². The van der Waals surface area contributed by atoms with Crippen molar-refractivity contribution in [2.45, 2.75) is 32.2 Å². The number of aliphatic hydroxyl groups is 1. The summed E-state index contributed by atoms with van der Waals surface area (Å²) < 4.78 is 40.4. The minimum atomic E-state index is -4.83. The van der Waals surface area contributed by atoms with Gasteiger partial charge in [-0.25, -0.2) is 4.98 Å². The number of hydrogen-bond acceptors (Lipinski definition) is 5. The number of amides is 2. The number of nitrogens with one attached hydrogen (secondary N) is 2. The number of nitriles is 1. The van der Waals surface area contributed by atoms with E-state index in [1.165, 1.54) is 36.9 Å². The summed E-state index contributed by atoms with van der Waals surface area (Å²) in [6.07, 6.45) is -0.939. The molecule has 0 aliphatic rings. The highest BCUT2D eigenvalue weighted by atomic mass is 19.4. The summed E-state index contributed by atoms with van der Waals surface area (Å²) in [6, 6.07) is 3.46. The first-order valence-electron chi connectivity index (χ1n) is 7.87. The van der Waals surface area contributed by atoms with Crippen LogP contribution in [0.2, 0.25) is 0 Å². The summed E-state index contributed by atoms with van der Waals surface area (Å²) >= 11 is 0. The number of alkyl halides is 3. The number of pyridine rings is 1. The molecule has 148 valence electrons. The Labute approximate surface area is 157 Å². The van der Waals surface area contributed by atoms with E-state index in [-0.39, 0.29) is 18.1 Å². The maximum atomic E-state index is 13.0. The largest absolute Gasteiger partial charge is 0.419 e. The Morgan fingerprint density at radius 2 is 2.00 bits per heavy atom. The number of aromatic nitrogens is 2. The second-order valence-corrected chi connectivity index (χ2v) is 6.21. The standard InChI is InChI=1S/C17H16F3N5O3/c1-10(26)23-11-3-4-25(8-11)9-16(2,28)15(27)24-12-5-13(17(18,19)20)14(6-21)22-7-12/h3-5,7-8,28H,9H2,1-2H3,(H,23,26)(H,24,27). The lowest BCUT2D eigenvalue weighted by Gasteiger charge is -2.23. The van der Waals surface area contributed by atoms with Crippen molar-refractivity contribution in [1.82, 2.24) is 9.55 Å². The van der Waals surface area contributed by atoms with Crippen LogP contribution in [0.3, 0.4) is 0 Å². The topological polar surface area (TPSA) is 120 Å². The lowest BCUT2D eigenvalue weighted by Crippen LogP contribution is -2.43. The first-order chi connectivity index (χ1) is 12.9. The van der Waals surface area contributed by atoms with E-state index in [9.17, 15) is 27.9 Å². The average Bonchev–Trinajstić information content (AvgIpc) is 2.99. The number of nitrogens with zero attached hydrogens (tertiary/aromatic N) is 3. The molecule has 2 amide bonds. The zero-order valence-electron chi connectivity index (χ0n) is 14.8. The van der Waals surface area contributed by atoms with Crippen molar-refractivity contribution in [3.8, 4) is 6.07 Å². The molecule has 0 fully saturated rings. The molecule has 28 heavy (non-hydrogen) atoms. The van der Waals surface area contributed by atoms with Gasteiger partial charge in [0.05, 0.1) is 29.7 Å². The van der Waals surface area contributed by atoms with Gasteiger partial charge in [0, 0.05) is 19.3 Å². The van der Waals surface area contributed by atoms with Crippen LogP contribution in [-0.4, -0.2) is 32.1 Å². The van der Waals surface area contributed by atoms with Gasteiger partial charge in [0.25, 0.3) is 5.91 Å². The zero-order chi connectivity index (χ0) is 21.1. The van der Waals surface area contributed by atoms with E-state index in [0.717, 1.165) is 6.20 Å². The van der Waals surface area contributed by atoms with E-state index in [1.807, 2.05) is 0 Å². The molecule has 11 heteroatoms. The molecule has 2 aromatic heterocycles. The van der Waals surface area contributed by atoms with Crippen LogP contribution in [0.15, 0.2) is 30.7 Å². The summed E-state index contributed by atoms with van der Waals surface area (Å²) in [6.45, 7) is 2.28. The Balaban J connectivity index is 2.16. The van der Waals surface area contributed by atoms with Crippen LogP contribution in [0.1, 0.15) is 25.1 Å². The molecule has 3 N–H and O–H groups in total. The van der Waals surface area contributed by atoms with Crippen molar-refractivity contribution in [1.29, 1.82) is 5.26 Å². The molecule has 0 radical (unpaired) electrons. The summed E-state index contributed by atoms with van der Waals surface area (Å²) in [4.78, 5) is 26.7. The van der Waals surface area contributed by atoms with Crippen LogP contribution in [-0.2, 0) is 22.3 Å². The minimum absolute atomic E-state index is 0.228. The van der Waals surface area contributed by atoms with Crippen molar-refractivity contribution in [2.75, 3.05) is 10.6 Å². The van der Waals surface area contributed by atoms with Gasteiger partial charge in [-0.15, -0.1) is 0 Å². The smallest absolute Gasteiger partial charge is 0.378 e. The first-order valence-corrected chi connectivity index (χ1v) is 7.87. The van der Waals surface area contributed by atoms with Crippen molar-refractivity contribution < 1.29 is 27.9 Å². The van der Waals surface area contributed by atoms with Gasteiger partial charge in [-0.2, -0.15) is 18.4 Å². The predicted octanol–water partition coefficient (Wildman–Crippen LogP) is 2.12. The van der Waals surface area contributed by atoms with Gasteiger partial charge in [-0.1, -0.05) is 0 Å². The molecular formula is C17H16F3N5O3. The van der Waals surface area contributed by atoms with Crippen LogP contribution < -0.4 is 10.6 Å². The summed E-state index contributed by atoms with van der Waals surface area (Å²) in [7, 11) is 0. The molecule has 0 aliphatic carbocycles. The van der Waals surface area contributed by atoms with Crippen LogP contribution >= 0.6 is 0 Å². The SMILES string of the molecule is CC(=O)Nc1ccn(CC(C)(O)C(=O)Nc2cnc(C#N)c(C(F)(F)F)c2)c1. The third kappa shape index (κ3) is 5.08. The van der Waals surface area contributed by atoms with Gasteiger partial charge in [-0.3, -0.25) is 9.59 Å². The fourth-order valence-corrected chi connectivity index (χ4v) is 2.35. The molecule has 1 atom stereocenters. The Morgan fingerprint density at radius 1 is 1.32 bits per heavy atom. The molecule has 0 aliphatic heterocycles. The molecule has 1 unspecified atom stereocenters. The fourth-order valence-electron chi connectivity index (χ4n) is 2.35. The van der Waals surface area contributed by atoms with Crippen molar-refractivity contribution >= 4 is 23.2 Å². The minimum Gasteiger partial charge on any atom is -0.378 e.